The average molecular weight is 569 g/mol. The summed E-state index contributed by atoms with van der Waals surface area (Å²) in [4.78, 5) is 55.9. The zero-order valence-corrected chi connectivity index (χ0v) is 22.5. The third-order valence-electron chi connectivity index (χ3n) is 7.63. The van der Waals surface area contributed by atoms with Gasteiger partial charge in [-0.3, -0.25) is 29.0 Å². The molecule has 2 N–H and O–H groups in total. The van der Waals surface area contributed by atoms with Crippen LogP contribution in [0.25, 0.3) is 10.8 Å². The molecule has 0 fully saturated rings. The summed E-state index contributed by atoms with van der Waals surface area (Å²) in [5, 5.41) is 6.72. The van der Waals surface area contributed by atoms with Crippen LogP contribution < -0.4 is 10.6 Å². The quantitative estimate of drug-likeness (QED) is 0.223. The first kappa shape index (κ1) is 27.4. The number of rotatable bonds is 10. The van der Waals surface area contributed by atoms with Gasteiger partial charge >= 0.3 is 0 Å². The van der Waals surface area contributed by atoms with Crippen LogP contribution in [-0.2, 0) is 13.1 Å². The molecule has 2 aliphatic heterocycles. The minimum atomic E-state index is -0.524. The number of carbonyl (C=O) groups excluding carboxylic acids is 4. The summed E-state index contributed by atoms with van der Waals surface area (Å²) in [7, 11) is 0. The summed E-state index contributed by atoms with van der Waals surface area (Å²) >= 11 is 0. The molecule has 6 rings (SSSR count). The highest BCUT2D eigenvalue weighted by Crippen LogP contribution is 2.37. The number of imide groups is 2. The van der Waals surface area contributed by atoms with Crippen molar-refractivity contribution in [2.24, 2.45) is 0 Å². The zero-order chi connectivity index (χ0) is 29.4. The normalized spacial score (nSPS) is 14.3. The first-order valence-corrected chi connectivity index (χ1v) is 13.6. The number of carbonyl (C=O) groups is 4. The minimum Gasteiger partial charge on any atom is -0.311 e. The highest BCUT2D eigenvalue weighted by molar-refractivity contribution is 6.33. The van der Waals surface area contributed by atoms with Crippen molar-refractivity contribution >= 4 is 34.4 Å². The van der Waals surface area contributed by atoms with Gasteiger partial charge in [-0.2, -0.15) is 0 Å². The lowest BCUT2D eigenvalue weighted by Crippen LogP contribution is -2.46. The molecule has 0 spiro atoms. The van der Waals surface area contributed by atoms with Crippen molar-refractivity contribution in [2.45, 2.75) is 13.1 Å². The molecule has 4 amide bonds. The second-order valence-corrected chi connectivity index (χ2v) is 10.1. The molecule has 10 heteroatoms. The first-order valence-electron chi connectivity index (χ1n) is 13.6. The van der Waals surface area contributed by atoms with Crippen LogP contribution in [0.1, 0.15) is 52.6 Å². The Labute approximate surface area is 239 Å². The summed E-state index contributed by atoms with van der Waals surface area (Å²) in [6.45, 7) is 1.08. The smallest absolute Gasteiger partial charge is 0.261 e. The first-order chi connectivity index (χ1) is 20.4. The Bertz CT molecular complexity index is 1570. The van der Waals surface area contributed by atoms with Gasteiger partial charge in [0.25, 0.3) is 23.6 Å². The van der Waals surface area contributed by atoms with Crippen LogP contribution in [0, 0.1) is 11.6 Å². The Morgan fingerprint density at radius 3 is 1.17 bits per heavy atom. The number of benzene rings is 4. The summed E-state index contributed by atoms with van der Waals surface area (Å²) in [5.41, 5.74) is 1.89. The SMILES string of the molecule is O=C1c2ccc3c4c(ccc(c24)C(=O)N1CCNCc1ccccc1F)C(=O)N(CCNCc1ccccc1F)C3=O. The molecule has 2 aliphatic rings. The molecule has 8 nitrogen and oxygen atoms in total. The molecular weight excluding hydrogens is 542 g/mol. The van der Waals surface area contributed by atoms with Gasteiger partial charge in [-0.25, -0.2) is 8.78 Å². The molecule has 0 radical (unpaired) electrons. The fraction of sp³-hybridized carbons (Fsp3) is 0.188. The monoisotopic (exact) mass is 568 g/mol. The van der Waals surface area contributed by atoms with E-state index < -0.39 is 23.6 Å². The van der Waals surface area contributed by atoms with E-state index in [0.717, 1.165) is 9.80 Å². The second kappa shape index (κ2) is 11.2. The lowest BCUT2D eigenvalue weighted by Gasteiger charge is -2.32. The number of hydrogen-bond acceptors (Lipinski definition) is 6. The van der Waals surface area contributed by atoms with Gasteiger partial charge in [-0.1, -0.05) is 36.4 Å². The minimum absolute atomic E-state index is 0.0576. The Morgan fingerprint density at radius 2 is 0.833 bits per heavy atom. The third-order valence-corrected chi connectivity index (χ3v) is 7.63. The van der Waals surface area contributed by atoms with Crippen molar-refractivity contribution < 1.29 is 28.0 Å². The molecule has 2 heterocycles. The largest absolute Gasteiger partial charge is 0.311 e. The molecule has 0 atom stereocenters. The standard InChI is InChI=1S/C32H26F2N4O4/c33-25-7-3-1-5-19(25)17-35-13-15-37-29(39)21-9-11-23-28-24(12-10-22(27(21)28)30(37)40)32(42)38(31(23)41)16-14-36-18-20-6-2-4-8-26(20)34/h1-12,35-36H,13-18H2. The van der Waals surface area contributed by atoms with Gasteiger partial charge in [0.1, 0.15) is 11.6 Å². The van der Waals surface area contributed by atoms with Crippen molar-refractivity contribution in [1.82, 2.24) is 20.4 Å². The van der Waals surface area contributed by atoms with Crippen molar-refractivity contribution in [3.05, 3.63) is 118 Å². The molecule has 0 unspecified atom stereocenters. The van der Waals surface area contributed by atoms with Crippen molar-refractivity contribution in [1.29, 1.82) is 0 Å². The maximum Gasteiger partial charge on any atom is 0.261 e. The predicted octanol–water partition coefficient (Wildman–Crippen LogP) is 3.89. The van der Waals surface area contributed by atoms with Crippen molar-refractivity contribution in [3.8, 4) is 0 Å². The van der Waals surface area contributed by atoms with E-state index in [1.54, 1.807) is 36.4 Å². The lowest BCUT2D eigenvalue weighted by atomic mass is 9.86. The van der Waals surface area contributed by atoms with Crippen LogP contribution in [0.15, 0.2) is 72.8 Å². The molecule has 0 aliphatic carbocycles. The third kappa shape index (κ3) is 4.74. The molecule has 212 valence electrons. The van der Waals surface area contributed by atoms with E-state index in [4.69, 9.17) is 0 Å². The van der Waals surface area contributed by atoms with Crippen LogP contribution in [0.5, 0.6) is 0 Å². The molecule has 4 aromatic rings. The number of nitrogens with one attached hydrogen (secondary N) is 2. The van der Waals surface area contributed by atoms with E-state index in [-0.39, 0.29) is 73.2 Å². The fourth-order valence-corrected chi connectivity index (χ4v) is 5.49. The van der Waals surface area contributed by atoms with Crippen LogP contribution in [0.2, 0.25) is 0 Å². The molecule has 4 aromatic carbocycles. The molecule has 0 saturated heterocycles. The zero-order valence-electron chi connectivity index (χ0n) is 22.5. The number of hydrogen-bond donors (Lipinski definition) is 2. The maximum absolute atomic E-state index is 13.9. The highest BCUT2D eigenvalue weighted by Gasteiger charge is 2.39. The Morgan fingerprint density at radius 1 is 0.500 bits per heavy atom. The number of nitrogens with zero attached hydrogens (tertiary/aromatic N) is 2. The van der Waals surface area contributed by atoms with Gasteiger partial charge in [0.15, 0.2) is 0 Å². The summed E-state index contributed by atoms with van der Waals surface area (Å²) in [5.74, 6) is -2.78. The predicted molar refractivity (Wildman–Crippen MR) is 151 cm³/mol. The van der Waals surface area contributed by atoms with Gasteiger partial charge in [0.2, 0.25) is 0 Å². The Hall–Kier alpha value is -4.80. The van der Waals surface area contributed by atoms with E-state index in [1.807, 2.05) is 0 Å². The lowest BCUT2D eigenvalue weighted by molar-refractivity contribution is 0.0590. The van der Waals surface area contributed by atoms with E-state index in [1.165, 1.54) is 36.4 Å². The Balaban J connectivity index is 1.18. The molecular formula is C32H26F2N4O4. The summed E-state index contributed by atoms with van der Waals surface area (Å²) in [6.07, 6.45) is 0. The van der Waals surface area contributed by atoms with E-state index in [9.17, 15) is 28.0 Å². The van der Waals surface area contributed by atoms with Gasteiger partial charge in [0, 0.05) is 83.4 Å². The second-order valence-electron chi connectivity index (χ2n) is 10.1. The Kier molecular flexibility index (Phi) is 7.32. The van der Waals surface area contributed by atoms with Crippen LogP contribution in [-0.4, -0.2) is 59.6 Å². The van der Waals surface area contributed by atoms with Gasteiger partial charge < -0.3 is 10.6 Å². The molecule has 0 saturated carbocycles. The van der Waals surface area contributed by atoms with Crippen LogP contribution in [0.3, 0.4) is 0 Å². The van der Waals surface area contributed by atoms with E-state index in [0.29, 0.717) is 21.9 Å². The van der Waals surface area contributed by atoms with Crippen molar-refractivity contribution in [2.75, 3.05) is 26.2 Å². The maximum atomic E-state index is 13.9. The van der Waals surface area contributed by atoms with E-state index in [2.05, 4.69) is 10.6 Å². The summed E-state index contributed by atoms with van der Waals surface area (Å²) < 4.78 is 27.8. The molecule has 42 heavy (non-hydrogen) atoms. The van der Waals surface area contributed by atoms with E-state index >= 15 is 0 Å². The number of halogens is 2. The average Bonchev–Trinajstić information content (AvgIpc) is 2.99. The highest BCUT2D eigenvalue weighted by atomic mass is 19.1. The summed E-state index contributed by atoms with van der Waals surface area (Å²) in [6, 6.07) is 18.8. The number of amides is 4. The van der Waals surface area contributed by atoms with Gasteiger partial charge in [-0.05, 0) is 36.4 Å². The fourth-order valence-electron chi connectivity index (χ4n) is 5.49. The van der Waals surface area contributed by atoms with Crippen molar-refractivity contribution in [3.63, 3.8) is 0 Å². The van der Waals surface area contributed by atoms with Gasteiger partial charge in [0.05, 0.1) is 0 Å². The van der Waals surface area contributed by atoms with Gasteiger partial charge in [-0.15, -0.1) is 0 Å². The molecule has 0 aromatic heterocycles. The topological polar surface area (TPSA) is 98.8 Å². The van der Waals surface area contributed by atoms with Crippen LogP contribution in [0.4, 0.5) is 8.78 Å². The molecule has 0 bridgehead atoms. The van der Waals surface area contributed by atoms with Crippen LogP contribution >= 0.6 is 0 Å².